The Bertz CT molecular complexity index is 1360. The van der Waals surface area contributed by atoms with Gasteiger partial charge in [-0.1, -0.05) is 53.2 Å². The van der Waals surface area contributed by atoms with Crippen molar-refractivity contribution in [2.45, 2.75) is 25.9 Å². The number of benzene rings is 3. The molecule has 0 bridgehead atoms. The largest absolute Gasteiger partial charge is 0.325 e. The van der Waals surface area contributed by atoms with Crippen LogP contribution in [-0.2, 0) is 4.79 Å². The Hall–Kier alpha value is -3.09. The Morgan fingerprint density at radius 1 is 1.03 bits per heavy atom. The van der Waals surface area contributed by atoms with Gasteiger partial charge < -0.3 is 5.32 Å². The number of hydrogen-bond donors (Lipinski definition) is 1. The van der Waals surface area contributed by atoms with Crippen molar-refractivity contribution in [2.24, 2.45) is 0 Å². The molecule has 0 aliphatic rings. The van der Waals surface area contributed by atoms with Crippen LogP contribution in [0.15, 0.2) is 70.6 Å². The summed E-state index contributed by atoms with van der Waals surface area (Å²) in [5.74, 6) is -0.0411. The summed E-state index contributed by atoms with van der Waals surface area (Å²) in [6.45, 7) is 5.99. The van der Waals surface area contributed by atoms with E-state index in [2.05, 4.69) is 10.3 Å². The predicted octanol–water partition coefficient (Wildman–Crippen LogP) is 5.70. The van der Waals surface area contributed by atoms with Crippen molar-refractivity contribution < 1.29 is 4.79 Å². The van der Waals surface area contributed by atoms with Crippen LogP contribution in [0.1, 0.15) is 16.7 Å². The van der Waals surface area contributed by atoms with E-state index in [1.165, 1.54) is 16.3 Å². The van der Waals surface area contributed by atoms with Crippen LogP contribution < -0.4 is 10.9 Å². The van der Waals surface area contributed by atoms with E-state index in [0.717, 1.165) is 22.4 Å². The summed E-state index contributed by atoms with van der Waals surface area (Å²) in [6.07, 6.45) is 0. The molecule has 0 saturated carbocycles. The molecule has 0 spiro atoms. The molecule has 5 nitrogen and oxygen atoms in total. The Labute approximate surface area is 195 Å². The third kappa shape index (κ3) is 4.56. The normalized spacial score (nSPS) is 11.0. The van der Waals surface area contributed by atoms with Gasteiger partial charge in [-0.3, -0.25) is 14.2 Å². The lowest BCUT2D eigenvalue weighted by atomic mass is 10.1. The lowest BCUT2D eigenvalue weighted by Crippen LogP contribution is -2.23. The number of carbonyl (C=O) groups is 1. The summed E-state index contributed by atoms with van der Waals surface area (Å²) in [7, 11) is 0. The second-order valence-electron chi connectivity index (χ2n) is 7.64. The van der Waals surface area contributed by atoms with Gasteiger partial charge in [-0.2, -0.15) is 0 Å². The van der Waals surface area contributed by atoms with Crippen LogP contribution >= 0.6 is 23.4 Å². The first-order valence-corrected chi connectivity index (χ1v) is 11.5. The average molecular weight is 464 g/mol. The molecule has 0 saturated heterocycles. The number of hydrogen-bond acceptors (Lipinski definition) is 4. The van der Waals surface area contributed by atoms with E-state index in [9.17, 15) is 9.59 Å². The minimum absolute atomic E-state index is 0.116. The maximum absolute atomic E-state index is 13.3. The van der Waals surface area contributed by atoms with Crippen LogP contribution in [0.4, 0.5) is 5.69 Å². The van der Waals surface area contributed by atoms with E-state index in [0.29, 0.717) is 26.8 Å². The van der Waals surface area contributed by atoms with E-state index >= 15 is 0 Å². The van der Waals surface area contributed by atoms with Gasteiger partial charge in [-0.05, 0) is 68.3 Å². The summed E-state index contributed by atoms with van der Waals surface area (Å²) in [5, 5.41) is 4.54. The second-order valence-corrected chi connectivity index (χ2v) is 9.02. The van der Waals surface area contributed by atoms with E-state index in [1.807, 2.05) is 45.0 Å². The summed E-state index contributed by atoms with van der Waals surface area (Å²) < 4.78 is 1.53. The van der Waals surface area contributed by atoms with Gasteiger partial charge in [-0.25, -0.2) is 4.98 Å². The number of amides is 1. The highest BCUT2D eigenvalue weighted by Gasteiger charge is 2.16. The molecule has 0 fully saturated rings. The lowest BCUT2D eigenvalue weighted by Gasteiger charge is -2.15. The molecule has 4 aromatic rings. The smallest absolute Gasteiger partial charge is 0.266 e. The van der Waals surface area contributed by atoms with Crippen molar-refractivity contribution in [3.8, 4) is 5.69 Å². The van der Waals surface area contributed by atoms with Crippen molar-refractivity contribution in [3.63, 3.8) is 0 Å². The van der Waals surface area contributed by atoms with Crippen molar-refractivity contribution in [2.75, 3.05) is 11.1 Å². The molecule has 32 heavy (non-hydrogen) atoms. The molecule has 3 aromatic carbocycles. The number of aromatic nitrogens is 2. The molecular weight excluding hydrogens is 442 g/mol. The highest BCUT2D eigenvalue weighted by molar-refractivity contribution is 7.99. The van der Waals surface area contributed by atoms with E-state index in [-0.39, 0.29) is 17.2 Å². The summed E-state index contributed by atoms with van der Waals surface area (Å²) in [5.41, 5.74) is 5.06. The summed E-state index contributed by atoms with van der Waals surface area (Å²) >= 11 is 7.25. The van der Waals surface area contributed by atoms with E-state index in [4.69, 9.17) is 11.6 Å². The molecule has 1 N–H and O–H groups in total. The highest BCUT2D eigenvalue weighted by Crippen LogP contribution is 2.25. The SMILES string of the molecule is Cc1cc(C)c(NC(=O)CSc2nc3ccccc3c(=O)n2-c2ccc(Cl)cc2)c(C)c1. The molecule has 4 rings (SSSR count). The molecule has 0 atom stereocenters. The molecule has 0 unspecified atom stereocenters. The molecule has 7 heteroatoms. The average Bonchev–Trinajstić information content (AvgIpc) is 2.76. The van der Waals surface area contributed by atoms with E-state index in [1.54, 1.807) is 36.4 Å². The number of aryl methyl sites for hydroxylation is 3. The highest BCUT2D eigenvalue weighted by atomic mass is 35.5. The topological polar surface area (TPSA) is 64.0 Å². The van der Waals surface area contributed by atoms with Crippen LogP contribution in [0.5, 0.6) is 0 Å². The van der Waals surface area contributed by atoms with Crippen molar-refractivity contribution in [1.29, 1.82) is 0 Å². The zero-order valence-corrected chi connectivity index (χ0v) is 19.6. The Morgan fingerprint density at radius 2 is 1.69 bits per heavy atom. The molecule has 0 radical (unpaired) electrons. The zero-order valence-electron chi connectivity index (χ0n) is 18.0. The van der Waals surface area contributed by atoms with Crippen molar-refractivity contribution in [1.82, 2.24) is 9.55 Å². The zero-order chi connectivity index (χ0) is 22.8. The Balaban J connectivity index is 1.67. The molecule has 0 aliphatic heterocycles. The first kappa shape index (κ1) is 22.1. The van der Waals surface area contributed by atoms with Gasteiger partial charge in [0.15, 0.2) is 5.16 Å². The first-order valence-electron chi connectivity index (χ1n) is 10.1. The van der Waals surface area contributed by atoms with Crippen LogP contribution in [0.25, 0.3) is 16.6 Å². The number of halogens is 1. The quantitative estimate of drug-likeness (QED) is 0.305. The van der Waals surface area contributed by atoms with Crippen LogP contribution in [0.3, 0.4) is 0 Å². The van der Waals surface area contributed by atoms with Gasteiger partial charge >= 0.3 is 0 Å². The van der Waals surface area contributed by atoms with Gasteiger partial charge in [-0.15, -0.1) is 0 Å². The number of carbonyl (C=O) groups excluding carboxylic acids is 1. The van der Waals surface area contributed by atoms with Crippen LogP contribution in [-0.4, -0.2) is 21.2 Å². The van der Waals surface area contributed by atoms with Gasteiger partial charge in [0.1, 0.15) is 0 Å². The van der Waals surface area contributed by atoms with Gasteiger partial charge in [0.2, 0.25) is 5.91 Å². The number of thioether (sulfide) groups is 1. The van der Waals surface area contributed by atoms with Gasteiger partial charge in [0.05, 0.1) is 22.3 Å². The standard InChI is InChI=1S/C25H22ClN3O2S/c1-15-12-16(2)23(17(3)13-15)28-22(30)14-32-25-27-21-7-5-4-6-20(21)24(31)29(25)19-10-8-18(26)9-11-19/h4-13H,14H2,1-3H3,(H,28,30). The van der Waals surface area contributed by atoms with Crippen molar-refractivity contribution >= 4 is 45.9 Å². The van der Waals surface area contributed by atoms with Gasteiger partial charge in [0, 0.05) is 10.7 Å². The number of rotatable bonds is 5. The summed E-state index contributed by atoms with van der Waals surface area (Å²) in [4.78, 5) is 30.7. The number of para-hydroxylation sites is 1. The Morgan fingerprint density at radius 3 is 2.38 bits per heavy atom. The molecule has 162 valence electrons. The number of nitrogens with zero attached hydrogens (tertiary/aromatic N) is 2. The fourth-order valence-electron chi connectivity index (χ4n) is 3.71. The fourth-order valence-corrected chi connectivity index (χ4v) is 4.65. The van der Waals surface area contributed by atoms with Crippen molar-refractivity contribution in [3.05, 3.63) is 92.7 Å². The number of fused-ring (bicyclic) bond motifs is 1. The molecule has 1 amide bonds. The summed E-state index contributed by atoms with van der Waals surface area (Å²) in [6, 6.07) is 18.3. The molecule has 0 aliphatic carbocycles. The number of nitrogens with one attached hydrogen (secondary N) is 1. The second kappa shape index (κ2) is 9.18. The molecule has 1 heterocycles. The maximum Gasteiger partial charge on any atom is 0.266 e. The van der Waals surface area contributed by atoms with Crippen LogP contribution in [0.2, 0.25) is 5.02 Å². The maximum atomic E-state index is 13.3. The molecular formula is C25H22ClN3O2S. The Kier molecular flexibility index (Phi) is 6.35. The predicted molar refractivity (Wildman–Crippen MR) is 132 cm³/mol. The molecule has 1 aromatic heterocycles. The minimum atomic E-state index is -0.189. The minimum Gasteiger partial charge on any atom is -0.325 e. The van der Waals surface area contributed by atoms with Gasteiger partial charge in [0.25, 0.3) is 5.56 Å². The monoisotopic (exact) mass is 463 g/mol. The third-order valence-corrected chi connectivity index (χ3v) is 6.29. The lowest BCUT2D eigenvalue weighted by molar-refractivity contribution is -0.113. The third-order valence-electron chi connectivity index (χ3n) is 5.10. The van der Waals surface area contributed by atoms with E-state index < -0.39 is 0 Å². The first-order chi connectivity index (χ1) is 15.3. The van der Waals surface area contributed by atoms with Crippen LogP contribution in [0, 0.1) is 20.8 Å². The fraction of sp³-hybridized carbons (Fsp3) is 0.160. The number of anilines is 1.